The molecule has 0 fully saturated rings. The quantitative estimate of drug-likeness (QED) is 0.697. The molecule has 0 aliphatic rings. The molecule has 0 radical (unpaired) electrons. The normalized spacial score (nSPS) is 10.9. The zero-order valence-corrected chi connectivity index (χ0v) is 12.8. The Morgan fingerprint density at radius 1 is 1.10 bits per heavy atom. The molecule has 0 aliphatic heterocycles. The van der Waals surface area contributed by atoms with E-state index in [4.69, 9.17) is 11.6 Å². The van der Waals surface area contributed by atoms with Crippen LogP contribution in [0.15, 0.2) is 30.3 Å². The van der Waals surface area contributed by atoms with Crippen LogP contribution in [-0.2, 0) is 19.4 Å². The molecule has 3 aromatic rings. The second-order valence-electron chi connectivity index (χ2n) is 4.59. The summed E-state index contributed by atoms with van der Waals surface area (Å²) in [6.45, 7) is 0.461. The molecule has 0 saturated carbocycles. The molecule has 6 nitrogen and oxygen atoms in total. The van der Waals surface area contributed by atoms with Gasteiger partial charge in [-0.3, -0.25) is 0 Å². The van der Waals surface area contributed by atoms with E-state index in [9.17, 15) is 0 Å². The summed E-state index contributed by atoms with van der Waals surface area (Å²) in [4.78, 5) is 0. The minimum absolute atomic E-state index is 0.461. The van der Waals surface area contributed by atoms with E-state index in [1.165, 1.54) is 17.1 Å². The highest BCUT2D eigenvalue weighted by Gasteiger charge is 2.11. The number of nitrogens with zero attached hydrogens (tertiary/aromatic N) is 6. The third-order valence-corrected chi connectivity index (χ3v) is 4.11. The zero-order valence-electron chi connectivity index (χ0n) is 11.2. The molecule has 0 unspecified atom stereocenters. The van der Waals surface area contributed by atoms with Gasteiger partial charge in [-0.25, -0.2) is 4.68 Å². The maximum absolute atomic E-state index is 6.01. The summed E-state index contributed by atoms with van der Waals surface area (Å²) in [5, 5.41) is 15.8. The molecule has 0 aliphatic carbocycles. The standard InChI is InChI=1S/C13H13ClN6S/c14-13-11(15-19-21-13)9-20-12(16-17-18-20)8-4-7-10-5-2-1-3-6-10/h1-3,5-6H,4,7-9H2. The first kappa shape index (κ1) is 14.1. The van der Waals surface area contributed by atoms with Crippen molar-refractivity contribution < 1.29 is 0 Å². The second kappa shape index (κ2) is 6.73. The van der Waals surface area contributed by atoms with Gasteiger partial charge in [-0.1, -0.05) is 46.4 Å². The zero-order chi connectivity index (χ0) is 14.5. The summed E-state index contributed by atoms with van der Waals surface area (Å²) >= 11 is 7.17. The van der Waals surface area contributed by atoms with Crippen molar-refractivity contribution in [2.75, 3.05) is 0 Å². The lowest BCUT2D eigenvalue weighted by atomic mass is 10.1. The van der Waals surface area contributed by atoms with E-state index in [0.29, 0.717) is 16.6 Å². The molecule has 21 heavy (non-hydrogen) atoms. The van der Waals surface area contributed by atoms with E-state index >= 15 is 0 Å². The molecule has 8 heteroatoms. The van der Waals surface area contributed by atoms with Gasteiger partial charge in [-0.05, 0) is 28.8 Å². The van der Waals surface area contributed by atoms with Crippen LogP contribution in [0.1, 0.15) is 23.5 Å². The van der Waals surface area contributed by atoms with E-state index in [1.807, 2.05) is 6.07 Å². The predicted molar refractivity (Wildman–Crippen MR) is 80.3 cm³/mol. The number of aryl methyl sites for hydroxylation is 2. The third-order valence-electron chi connectivity index (χ3n) is 3.12. The summed E-state index contributed by atoms with van der Waals surface area (Å²) in [5.41, 5.74) is 2.03. The van der Waals surface area contributed by atoms with E-state index in [-0.39, 0.29) is 0 Å². The molecule has 0 bridgehead atoms. The number of halogens is 1. The van der Waals surface area contributed by atoms with Crippen LogP contribution >= 0.6 is 23.1 Å². The van der Waals surface area contributed by atoms with Crippen molar-refractivity contribution in [2.45, 2.75) is 25.8 Å². The van der Waals surface area contributed by atoms with E-state index < -0.39 is 0 Å². The summed E-state index contributed by atoms with van der Waals surface area (Å²) in [5.74, 6) is 0.843. The van der Waals surface area contributed by atoms with Crippen LogP contribution in [0.3, 0.4) is 0 Å². The monoisotopic (exact) mass is 320 g/mol. The maximum Gasteiger partial charge on any atom is 0.151 e. The summed E-state index contributed by atoms with van der Waals surface area (Å²) in [6, 6.07) is 10.4. The molecular weight excluding hydrogens is 308 g/mol. The Kier molecular flexibility index (Phi) is 4.52. The smallest absolute Gasteiger partial charge is 0.151 e. The van der Waals surface area contributed by atoms with E-state index in [2.05, 4.69) is 49.4 Å². The fourth-order valence-electron chi connectivity index (χ4n) is 2.05. The molecule has 0 spiro atoms. The molecule has 1 aromatic carbocycles. The van der Waals surface area contributed by atoms with Crippen LogP contribution in [-0.4, -0.2) is 29.8 Å². The highest BCUT2D eigenvalue weighted by Crippen LogP contribution is 2.18. The third kappa shape index (κ3) is 3.62. The van der Waals surface area contributed by atoms with E-state index in [0.717, 1.165) is 25.1 Å². The van der Waals surface area contributed by atoms with Crippen LogP contribution in [0.25, 0.3) is 0 Å². The molecule has 0 saturated heterocycles. The topological polar surface area (TPSA) is 69.4 Å². The van der Waals surface area contributed by atoms with Crippen molar-refractivity contribution in [1.29, 1.82) is 0 Å². The average molecular weight is 321 g/mol. The lowest BCUT2D eigenvalue weighted by Crippen LogP contribution is -2.08. The molecule has 2 heterocycles. The van der Waals surface area contributed by atoms with Gasteiger partial charge in [0.15, 0.2) is 5.82 Å². The van der Waals surface area contributed by atoms with Crippen LogP contribution in [0.4, 0.5) is 0 Å². The van der Waals surface area contributed by atoms with Crippen LogP contribution < -0.4 is 0 Å². The molecule has 108 valence electrons. The number of hydrogen-bond acceptors (Lipinski definition) is 6. The fraction of sp³-hybridized carbons (Fsp3) is 0.308. The highest BCUT2D eigenvalue weighted by molar-refractivity contribution is 7.10. The Balaban J connectivity index is 1.59. The molecule has 3 rings (SSSR count). The lowest BCUT2D eigenvalue weighted by Gasteiger charge is -2.03. The number of tetrazole rings is 1. The highest BCUT2D eigenvalue weighted by atomic mass is 35.5. The molecular formula is C13H13ClN6S. The second-order valence-corrected chi connectivity index (χ2v) is 5.94. The maximum atomic E-state index is 6.01. The largest absolute Gasteiger partial charge is 0.223 e. The van der Waals surface area contributed by atoms with Gasteiger partial charge in [0.05, 0.1) is 6.54 Å². The van der Waals surface area contributed by atoms with Gasteiger partial charge in [0.1, 0.15) is 10.0 Å². The summed E-state index contributed by atoms with van der Waals surface area (Å²) < 4.78 is 6.13. The van der Waals surface area contributed by atoms with Crippen molar-refractivity contribution in [3.63, 3.8) is 0 Å². The summed E-state index contributed by atoms with van der Waals surface area (Å²) in [7, 11) is 0. The number of benzene rings is 1. The van der Waals surface area contributed by atoms with Gasteiger partial charge < -0.3 is 0 Å². The summed E-state index contributed by atoms with van der Waals surface area (Å²) in [6.07, 6.45) is 2.82. The first-order valence-corrected chi connectivity index (χ1v) is 7.74. The molecule has 0 atom stereocenters. The van der Waals surface area contributed by atoms with Crippen LogP contribution in [0.2, 0.25) is 4.34 Å². The Hall–Kier alpha value is -1.86. The van der Waals surface area contributed by atoms with Gasteiger partial charge >= 0.3 is 0 Å². The molecule has 2 aromatic heterocycles. The minimum Gasteiger partial charge on any atom is -0.223 e. The van der Waals surface area contributed by atoms with Gasteiger partial charge in [-0.2, -0.15) is 0 Å². The Morgan fingerprint density at radius 3 is 2.71 bits per heavy atom. The first-order chi connectivity index (χ1) is 10.3. The number of hydrogen-bond donors (Lipinski definition) is 0. The van der Waals surface area contributed by atoms with Gasteiger partial charge in [-0.15, -0.1) is 10.2 Å². The van der Waals surface area contributed by atoms with Crippen LogP contribution in [0.5, 0.6) is 0 Å². The average Bonchev–Trinajstić information content (AvgIpc) is 3.11. The molecule has 0 amide bonds. The Morgan fingerprint density at radius 2 is 1.95 bits per heavy atom. The SMILES string of the molecule is Clc1snnc1Cn1nnnc1CCCc1ccccc1. The van der Waals surface area contributed by atoms with Gasteiger partial charge in [0.25, 0.3) is 0 Å². The van der Waals surface area contributed by atoms with Crippen molar-refractivity contribution in [3.8, 4) is 0 Å². The number of aromatic nitrogens is 6. The van der Waals surface area contributed by atoms with Gasteiger partial charge in [0, 0.05) is 18.0 Å². The van der Waals surface area contributed by atoms with Crippen molar-refractivity contribution in [3.05, 3.63) is 51.7 Å². The van der Waals surface area contributed by atoms with E-state index in [1.54, 1.807) is 4.68 Å². The van der Waals surface area contributed by atoms with Gasteiger partial charge in [0.2, 0.25) is 0 Å². The minimum atomic E-state index is 0.461. The van der Waals surface area contributed by atoms with Crippen molar-refractivity contribution in [1.82, 2.24) is 29.8 Å². The van der Waals surface area contributed by atoms with Crippen LogP contribution in [0, 0.1) is 0 Å². The fourth-order valence-corrected chi connectivity index (χ4v) is 2.67. The number of rotatable bonds is 6. The van der Waals surface area contributed by atoms with Crippen molar-refractivity contribution in [2.24, 2.45) is 0 Å². The molecule has 0 N–H and O–H groups in total. The van der Waals surface area contributed by atoms with Crippen molar-refractivity contribution >= 4 is 23.1 Å². The Labute approximate surface area is 130 Å². The Bertz CT molecular complexity index is 696. The predicted octanol–water partition coefficient (Wildman–Crippen LogP) is 2.40. The first-order valence-electron chi connectivity index (χ1n) is 6.58. The lowest BCUT2D eigenvalue weighted by molar-refractivity contribution is 0.598.